The molecule has 0 saturated carbocycles. The maximum Gasteiger partial charge on any atom is 0.336 e. The summed E-state index contributed by atoms with van der Waals surface area (Å²) in [6, 6.07) is 5.61. The molecule has 10 nitrogen and oxygen atoms in total. The fourth-order valence-electron chi connectivity index (χ4n) is 5.26. The van der Waals surface area contributed by atoms with Crippen molar-refractivity contribution in [2.75, 3.05) is 0 Å². The van der Waals surface area contributed by atoms with E-state index in [9.17, 15) is 29.4 Å². The summed E-state index contributed by atoms with van der Waals surface area (Å²) in [6.45, 7) is 7.29. The van der Waals surface area contributed by atoms with Crippen LogP contribution in [-0.4, -0.2) is 34.0 Å². The third-order valence-electron chi connectivity index (χ3n) is 7.01. The van der Waals surface area contributed by atoms with E-state index in [0.717, 1.165) is 0 Å². The second-order valence-electron chi connectivity index (χ2n) is 9.94. The Morgan fingerprint density at radius 3 is 1.85 bits per heavy atom. The molecule has 0 amide bonds. The summed E-state index contributed by atoms with van der Waals surface area (Å²) in [4.78, 5) is 47.4. The second-order valence-corrected chi connectivity index (χ2v) is 9.94. The van der Waals surface area contributed by atoms with Gasteiger partial charge in [-0.25, -0.2) is 9.59 Å². The van der Waals surface area contributed by atoms with Crippen LogP contribution < -0.4 is 20.7 Å². The quantitative estimate of drug-likeness (QED) is 0.333. The zero-order chi connectivity index (χ0) is 28.9. The highest BCUT2D eigenvalue weighted by Gasteiger charge is 2.31. The first-order valence-corrected chi connectivity index (χ1v) is 13.1. The maximum atomic E-state index is 12.2. The van der Waals surface area contributed by atoms with Crippen LogP contribution >= 0.6 is 0 Å². The van der Waals surface area contributed by atoms with Crippen LogP contribution in [0.3, 0.4) is 0 Å². The molecule has 2 atom stereocenters. The Morgan fingerprint density at radius 1 is 0.725 bits per heavy atom. The number of hydrogen-bond donors (Lipinski definition) is 2. The highest BCUT2D eigenvalue weighted by molar-refractivity contribution is 6.11. The molecule has 0 bridgehead atoms. The molecule has 0 saturated heterocycles. The van der Waals surface area contributed by atoms with Crippen molar-refractivity contribution in [3.05, 3.63) is 67.4 Å². The van der Waals surface area contributed by atoms with E-state index in [1.54, 1.807) is 13.8 Å². The van der Waals surface area contributed by atoms with Gasteiger partial charge in [0.1, 0.15) is 51.9 Å². The third-order valence-corrected chi connectivity index (χ3v) is 7.01. The van der Waals surface area contributed by atoms with Crippen LogP contribution in [0.5, 0.6) is 23.0 Å². The van der Waals surface area contributed by atoms with E-state index in [-0.39, 0.29) is 81.9 Å². The molecule has 0 spiro atoms. The van der Waals surface area contributed by atoms with Gasteiger partial charge in [-0.1, -0.05) is 13.8 Å². The highest BCUT2D eigenvalue weighted by Crippen LogP contribution is 2.42. The van der Waals surface area contributed by atoms with Crippen LogP contribution in [0.15, 0.2) is 42.7 Å². The lowest BCUT2D eigenvalue weighted by Crippen LogP contribution is -2.24. The van der Waals surface area contributed by atoms with Crippen molar-refractivity contribution in [1.82, 2.24) is 0 Å². The predicted octanol–water partition coefficient (Wildman–Crippen LogP) is 4.83. The topological polar surface area (TPSA) is 153 Å². The van der Waals surface area contributed by atoms with Gasteiger partial charge >= 0.3 is 11.3 Å². The van der Waals surface area contributed by atoms with Gasteiger partial charge in [-0.15, -0.1) is 0 Å². The summed E-state index contributed by atoms with van der Waals surface area (Å²) in [5.74, 6) is 0.0492. The minimum absolute atomic E-state index is 0.0405. The zero-order valence-corrected chi connectivity index (χ0v) is 22.5. The lowest BCUT2D eigenvalue weighted by molar-refractivity contribution is 0.0858. The van der Waals surface area contributed by atoms with Crippen molar-refractivity contribution in [1.29, 1.82) is 0 Å². The van der Waals surface area contributed by atoms with Crippen molar-refractivity contribution in [3.63, 3.8) is 0 Å². The first-order valence-electron chi connectivity index (χ1n) is 13.1. The number of hydrogen-bond acceptors (Lipinski definition) is 10. The van der Waals surface area contributed by atoms with Gasteiger partial charge in [-0.05, 0) is 37.8 Å². The number of carbonyl (C=O) groups excluding carboxylic acids is 2. The Bertz CT molecular complexity index is 1790. The number of Topliss-reactive ketones (excluding diaryl/α,β-unsaturated/α-hetero) is 2. The Balaban J connectivity index is 0.000000161. The Kier molecular flexibility index (Phi) is 6.87. The van der Waals surface area contributed by atoms with Gasteiger partial charge in [0.15, 0.2) is 17.1 Å². The van der Waals surface area contributed by atoms with E-state index < -0.39 is 11.3 Å². The van der Waals surface area contributed by atoms with E-state index in [1.807, 2.05) is 13.8 Å². The van der Waals surface area contributed by atoms with E-state index >= 15 is 0 Å². The average molecular weight is 549 g/mol. The standard InChI is InChI=1S/2C15H14O5/c1-3-8-5-12(17)20-10-6-11-14(15(18)13(8)10)9(16)4-7(2)19-11;1-3-8-5-12(18)20-15-13(8)10(17)6-11-14(15)9(16)4-7(2)19-11/h5-7,18H,3-4H2,1-2H3;5-7,17H,3-4H2,1-2H3. The van der Waals surface area contributed by atoms with E-state index in [1.165, 1.54) is 24.3 Å². The molecule has 208 valence electrons. The van der Waals surface area contributed by atoms with Crippen LogP contribution in [0.25, 0.3) is 21.9 Å². The molecule has 4 aromatic rings. The normalized spacial score (nSPS) is 17.9. The molecule has 40 heavy (non-hydrogen) atoms. The number of phenols is 2. The van der Waals surface area contributed by atoms with E-state index in [4.69, 9.17) is 18.3 Å². The molecule has 0 radical (unpaired) electrons. The monoisotopic (exact) mass is 548 g/mol. The summed E-state index contributed by atoms with van der Waals surface area (Å²) in [7, 11) is 0. The molecule has 2 N–H and O–H groups in total. The molecule has 2 aliphatic rings. The van der Waals surface area contributed by atoms with Crippen LogP contribution in [0.1, 0.15) is 72.4 Å². The lowest BCUT2D eigenvalue weighted by Gasteiger charge is -2.23. The Labute approximate surface area is 227 Å². The van der Waals surface area contributed by atoms with Crippen molar-refractivity contribution in [3.8, 4) is 23.0 Å². The molecule has 6 rings (SSSR count). The molecule has 2 aromatic heterocycles. The lowest BCUT2D eigenvalue weighted by atomic mass is 9.96. The van der Waals surface area contributed by atoms with Crippen molar-refractivity contribution >= 4 is 33.5 Å². The van der Waals surface area contributed by atoms with E-state index in [2.05, 4.69) is 0 Å². The summed E-state index contributed by atoms with van der Waals surface area (Å²) < 4.78 is 21.4. The van der Waals surface area contributed by atoms with Gasteiger partial charge in [0.2, 0.25) is 0 Å². The first-order chi connectivity index (χ1) is 19.0. The molecule has 2 aromatic carbocycles. The predicted molar refractivity (Wildman–Crippen MR) is 145 cm³/mol. The van der Waals surface area contributed by atoms with Gasteiger partial charge in [0, 0.05) is 37.1 Å². The number of fused-ring (bicyclic) bond motifs is 5. The third kappa shape index (κ3) is 4.59. The second kappa shape index (κ2) is 10.2. The number of carbonyl (C=O) groups is 2. The number of rotatable bonds is 2. The average Bonchev–Trinajstić information content (AvgIpc) is 2.86. The molecular formula is C30H28O10. The fourth-order valence-corrected chi connectivity index (χ4v) is 5.26. The van der Waals surface area contributed by atoms with E-state index in [0.29, 0.717) is 34.7 Å². The maximum absolute atomic E-state index is 12.2. The van der Waals surface area contributed by atoms with Gasteiger partial charge in [-0.2, -0.15) is 0 Å². The zero-order valence-electron chi connectivity index (χ0n) is 22.5. The molecule has 2 unspecified atom stereocenters. The minimum Gasteiger partial charge on any atom is -0.507 e. The van der Waals surface area contributed by atoms with Crippen LogP contribution in [-0.2, 0) is 12.8 Å². The summed E-state index contributed by atoms with van der Waals surface area (Å²) >= 11 is 0. The number of ketones is 2. The number of ether oxygens (including phenoxy) is 2. The molecule has 0 fully saturated rings. The number of aryl methyl sites for hydroxylation is 2. The van der Waals surface area contributed by atoms with Crippen LogP contribution in [0, 0.1) is 0 Å². The van der Waals surface area contributed by atoms with Gasteiger partial charge in [0.25, 0.3) is 0 Å². The van der Waals surface area contributed by atoms with Gasteiger partial charge in [0.05, 0.1) is 10.8 Å². The van der Waals surface area contributed by atoms with Crippen LogP contribution in [0.4, 0.5) is 0 Å². The Hall–Kier alpha value is -4.60. The molecule has 2 aliphatic heterocycles. The first kappa shape index (κ1) is 27.0. The van der Waals surface area contributed by atoms with Gasteiger partial charge in [-0.3, -0.25) is 9.59 Å². The molecule has 10 heteroatoms. The Morgan fingerprint density at radius 2 is 1.25 bits per heavy atom. The SMILES string of the molecule is CCc1cc(=O)oc2c3c(cc(O)c12)OC(C)CC3=O.CCc1cc(=O)oc2cc3c(c(O)c12)C(=O)CC(C)O3. The molecule has 4 heterocycles. The molecule has 0 aliphatic carbocycles. The summed E-state index contributed by atoms with van der Waals surface area (Å²) in [5, 5.41) is 21.4. The van der Waals surface area contributed by atoms with Crippen molar-refractivity contribution in [2.45, 2.75) is 65.6 Å². The molecular weight excluding hydrogens is 520 g/mol. The number of phenolic OH excluding ortho intramolecular Hbond substituents is 2. The van der Waals surface area contributed by atoms with Crippen LogP contribution in [0.2, 0.25) is 0 Å². The number of aromatic hydroxyl groups is 2. The summed E-state index contributed by atoms with van der Waals surface area (Å²) in [5.41, 5.74) is 1.10. The van der Waals surface area contributed by atoms with Crippen molar-refractivity contribution < 1.29 is 38.1 Å². The minimum atomic E-state index is -0.534. The fraction of sp³-hybridized carbons (Fsp3) is 0.333. The number of benzene rings is 2. The highest BCUT2D eigenvalue weighted by atomic mass is 16.5. The van der Waals surface area contributed by atoms with Gasteiger partial charge < -0.3 is 28.5 Å². The summed E-state index contributed by atoms with van der Waals surface area (Å²) in [6.07, 6.45) is 1.05. The largest absolute Gasteiger partial charge is 0.507 e. The smallest absolute Gasteiger partial charge is 0.336 e. The van der Waals surface area contributed by atoms with Crippen molar-refractivity contribution in [2.24, 2.45) is 0 Å².